The van der Waals surface area contributed by atoms with Crippen LogP contribution in [-0.2, 0) is 11.3 Å². The summed E-state index contributed by atoms with van der Waals surface area (Å²) in [4.78, 5) is 14.2. The molecular formula is C20H22ClFN2O3. The van der Waals surface area contributed by atoms with Gasteiger partial charge in [-0.1, -0.05) is 17.7 Å². The summed E-state index contributed by atoms with van der Waals surface area (Å²) in [7, 11) is 0. The monoisotopic (exact) mass is 392 g/mol. The van der Waals surface area contributed by atoms with Gasteiger partial charge in [-0.25, -0.2) is 4.39 Å². The van der Waals surface area contributed by atoms with Gasteiger partial charge in [-0.2, -0.15) is 0 Å². The first-order chi connectivity index (χ1) is 12.8. The Bertz CT molecular complexity index is 836. The van der Waals surface area contributed by atoms with E-state index in [1.165, 1.54) is 24.3 Å². The molecule has 5 nitrogen and oxygen atoms in total. The van der Waals surface area contributed by atoms with Gasteiger partial charge in [0.15, 0.2) is 0 Å². The lowest BCUT2D eigenvalue weighted by Gasteiger charge is -2.37. The predicted molar refractivity (Wildman–Crippen MR) is 103 cm³/mol. The predicted octanol–water partition coefficient (Wildman–Crippen LogP) is 3.73. The molecule has 2 aromatic carbocycles. The molecule has 1 fully saturated rings. The van der Waals surface area contributed by atoms with E-state index in [2.05, 4.69) is 5.32 Å². The molecule has 0 bridgehead atoms. The van der Waals surface area contributed by atoms with Gasteiger partial charge in [0.1, 0.15) is 11.6 Å². The van der Waals surface area contributed by atoms with Gasteiger partial charge in [-0.15, -0.1) is 0 Å². The number of morpholine rings is 1. The number of carbonyl (C=O) groups is 1. The molecule has 1 aliphatic rings. The van der Waals surface area contributed by atoms with Crippen molar-refractivity contribution in [2.45, 2.75) is 32.6 Å². The normalized spacial score (nSPS) is 19.8. The van der Waals surface area contributed by atoms with E-state index in [4.69, 9.17) is 16.3 Å². The molecule has 0 unspecified atom stereocenters. The Labute approximate surface area is 162 Å². The minimum absolute atomic E-state index is 0.0456. The zero-order chi connectivity index (χ0) is 19.6. The molecule has 0 aromatic heterocycles. The van der Waals surface area contributed by atoms with Gasteiger partial charge in [-0.3, -0.25) is 4.79 Å². The topological polar surface area (TPSA) is 61.8 Å². The number of ether oxygens (including phenoxy) is 1. The molecular weight excluding hydrogens is 371 g/mol. The van der Waals surface area contributed by atoms with Gasteiger partial charge in [0.25, 0.3) is 5.91 Å². The molecule has 27 heavy (non-hydrogen) atoms. The molecule has 1 saturated heterocycles. The van der Waals surface area contributed by atoms with Crippen LogP contribution >= 0.6 is 11.6 Å². The fourth-order valence-electron chi connectivity index (χ4n) is 3.22. The number of aromatic hydroxyl groups is 1. The van der Waals surface area contributed by atoms with Gasteiger partial charge in [-0.05, 0) is 49.7 Å². The molecule has 2 aromatic rings. The second-order valence-electron chi connectivity index (χ2n) is 6.80. The van der Waals surface area contributed by atoms with Crippen molar-refractivity contribution in [2.75, 3.05) is 18.0 Å². The Hall–Kier alpha value is -2.31. The van der Waals surface area contributed by atoms with Crippen LogP contribution in [0.25, 0.3) is 0 Å². The Morgan fingerprint density at radius 2 is 1.96 bits per heavy atom. The average Bonchev–Trinajstić information content (AvgIpc) is 2.61. The van der Waals surface area contributed by atoms with E-state index in [1.54, 1.807) is 12.1 Å². The second kappa shape index (κ2) is 8.15. The summed E-state index contributed by atoms with van der Waals surface area (Å²) in [5.41, 5.74) is 1.52. The lowest BCUT2D eigenvalue weighted by molar-refractivity contribution is -0.00539. The zero-order valence-corrected chi connectivity index (χ0v) is 16.0. The Kier molecular flexibility index (Phi) is 5.87. The van der Waals surface area contributed by atoms with E-state index in [0.717, 1.165) is 0 Å². The highest BCUT2D eigenvalue weighted by molar-refractivity contribution is 6.32. The number of amides is 1. The van der Waals surface area contributed by atoms with Gasteiger partial charge >= 0.3 is 0 Å². The summed E-state index contributed by atoms with van der Waals surface area (Å²) in [5, 5.41) is 12.2. The highest BCUT2D eigenvalue weighted by Crippen LogP contribution is 2.25. The molecule has 0 spiro atoms. The lowest BCUT2D eigenvalue weighted by Crippen LogP contribution is -2.45. The van der Waals surface area contributed by atoms with E-state index in [0.29, 0.717) is 29.9 Å². The number of hydrogen-bond acceptors (Lipinski definition) is 4. The molecule has 144 valence electrons. The lowest BCUT2D eigenvalue weighted by atomic mass is 10.1. The number of anilines is 1. The smallest absolute Gasteiger partial charge is 0.251 e. The molecule has 0 saturated carbocycles. The first-order valence-corrected chi connectivity index (χ1v) is 9.17. The maximum atomic E-state index is 14.6. The van der Waals surface area contributed by atoms with Crippen molar-refractivity contribution < 1.29 is 19.0 Å². The van der Waals surface area contributed by atoms with Gasteiger partial charge < -0.3 is 20.1 Å². The molecule has 0 aliphatic carbocycles. The Morgan fingerprint density at radius 1 is 1.26 bits per heavy atom. The van der Waals surface area contributed by atoms with Crippen molar-refractivity contribution in [3.63, 3.8) is 0 Å². The molecule has 3 rings (SSSR count). The van der Waals surface area contributed by atoms with E-state index < -0.39 is 0 Å². The molecule has 1 heterocycles. The van der Waals surface area contributed by atoms with E-state index in [9.17, 15) is 14.3 Å². The van der Waals surface area contributed by atoms with Crippen LogP contribution in [0.15, 0.2) is 36.4 Å². The van der Waals surface area contributed by atoms with Crippen LogP contribution < -0.4 is 10.2 Å². The van der Waals surface area contributed by atoms with E-state index in [1.807, 2.05) is 18.7 Å². The van der Waals surface area contributed by atoms with Crippen LogP contribution in [0, 0.1) is 5.82 Å². The minimum atomic E-state index is -0.350. The minimum Gasteiger partial charge on any atom is -0.506 e. The van der Waals surface area contributed by atoms with Gasteiger partial charge in [0, 0.05) is 25.2 Å². The number of nitrogens with zero attached hydrogens (tertiary/aromatic N) is 1. The van der Waals surface area contributed by atoms with Gasteiger partial charge in [0.05, 0.1) is 22.9 Å². The maximum absolute atomic E-state index is 14.6. The largest absolute Gasteiger partial charge is 0.506 e. The van der Waals surface area contributed by atoms with Crippen LogP contribution in [0.5, 0.6) is 5.75 Å². The van der Waals surface area contributed by atoms with Crippen LogP contribution in [0.3, 0.4) is 0 Å². The molecule has 1 amide bonds. The summed E-state index contributed by atoms with van der Waals surface area (Å²) < 4.78 is 20.3. The standard InChI is InChI=1S/C20H22ClFN2O3/c1-12-10-24(11-13(2)27-12)18-5-3-14(7-17(18)22)9-23-20(26)15-4-6-19(25)16(21)8-15/h3-8,12-13,25H,9-11H2,1-2H3,(H,23,26)/t12-,13-/m0/s1. The number of benzene rings is 2. The molecule has 2 atom stereocenters. The van der Waals surface area contributed by atoms with Crippen molar-refractivity contribution in [1.29, 1.82) is 0 Å². The number of phenolic OH excluding ortho intramolecular Hbond substituents is 1. The summed E-state index contributed by atoms with van der Waals surface area (Å²) in [6.45, 7) is 5.41. The first kappa shape index (κ1) is 19.5. The first-order valence-electron chi connectivity index (χ1n) is 8.79. The summed E-state index contributed by atoms with van der Waals surface area (Å²) >= 11 is 5.81. The van der Waals surface area contributed by atoms with Crippen LogP contribution in [0.4, 0.5) is 10.1 Å². The maximum Gasteiger partial charge on any atom is 0.251 e. The third-order valence-corrected chi connectivity index (χ3v) is 4.74. The van der Waals surface area contributed by atoms with Crippen LogP contribution in [0.2, 0.25) is 5.02 Å². The Balaban J connectivity index is 1.65. The number of rotatable bonds is 4. The summed E-state index contributed by atoms with van der Waals surface area (Å²) in [5.74, 6) is -0.759. The molecule has 1 aliphatic heterocycles. The van der Waals surface area contributed by atoms with Gasteiger partial charge in [0.2, 0.25) is 0 Å². The third-order valence-electron chi connectivity index (χ3n) is 4.44. The number of carbonyl (C=O) groups excluding carboxylic acids is 1. The second-order valence-corrected chi connectivity index (χ2v) is 7.20. The number of hydrogen-bond donors (Lipinski definition) is 2. The van der Waals surface area contributed by atoms with Crippen molar-refractivity contribution in [3.8, 4) is 5.75 Å². The number of phenols is 1. The van der Waals surface area contributed by atoms with E-state index >= 15 is 0 Å². The quantitative estimate of drug-likeness (QED) is 0.832. The van der Waals surface area contributed by atoms with Crippen molar-refractivity contribution in [2.24, 2.45) is 0 Å². The number of halogens is 2. The van der Waals surface area contributed by atoms with Crippen LogP contribution in [0.1, 0.15) is 29.8 Å². The third kappa shape index (κ3) is 4.70. The highest BCUT2D eigenvalue weighted by Gasteiger charge is 2.24. The zero-order valence-electron chi connectivity index (χ0n) is 15.2. The summed E-state index contributed by atoms with van der Waals surface area (Å²) in [6, 6.07) is 9.18. The fourth-order valence-corrected chi connectivity index (χ4v) is 3.40. The summed E-state index contributed by atoms with van der Waals surface area (Å²) in [6.07, 6.45) is 0.0912. The molecule has 0 radical (unpaired) electrons. The number of nitrogens with one attached hydrogen (secondary N) is 1. The average molecular weight is 393 g/mol. The van der Waals surface area contributed by atoms with Crippen molar-refractivity contribution >= 4 is 23.2 Å². The fraction of sp³-hybridized carbons (Fsp3) is 0.350. The van der Waals surface area contributed by atoms with E-state index in [-0.39, 0.29) is 41.2 Å². The van der Waals surface area contributed by atoms with Crippen LogP contribution in [-0.4, -0.2) is 36.3 Å². The van der Waals surface area contributed by atoms with Crippen molar-refractivity contribution in [3.05, 3.63) is 58.4 Å². The molecule has 7 heteroatoms. The SMILES string of the molecule is C[C@H]1CN(c2ccc(CNC(=O)c3ccc(O)c(Cl)c3)cc2F)C[C@H](C)O1. The highest BCUT2D eigenvalue weighted by atomic mass is 35.5. The Morgan fingerprint density at radius 3 is 2.59 bits per heavy atom. The van der Waals surface area contributed by atoms with Crippen molar-refractivity contribution in [1.82, 2.24) is 5.32 Å². The molecule has 2 N–H and O–H groups in total.